The molecule has 0 saturated heterocycles. The van der Waals surface area contributed by atoms with Crippen molar-refractivity contribution in [2.45, 2.75) is 51.2 Å². The van der Waals surface area contributed by atoms with Gasteiger partial charge in [-0.3, -0.25) is 14.3 Å². The van der Waals surface area contributed by atoms with Gasteiger partial charge in [-0.1, -0.05) is 0 Å². The van der Waals surface area contributed by atoms with Crippen LogP contribution < -0.4 is 5.32 Å². The molecular weight excluding hydrogens is 397 g/mol. The summed E-state index contributed by atoms with van der Waals surface area (Å²) >= 11 is 1.12. The normalized spacial score (nSPS) is 15.3. The third-order valence-corrected chi connectivity index (χ3v) is 5.02. The number of alkyl halides is 3. The Kier molecular flexibility index (Phi) is 5.73. The van der Waals surface area contributed by atoms with Gasteiger partial charge >= 0.3 is 12.1 Å². The smallest absolute Gasteiger partial charge is 0.435 e. The Morgan fingerprint density at radius 2 is 2.14 bits per heavy atom. The second-order valence-electron chi connectivity index (χ2n) is 6.46. The number of ether oxygens (including phenoxy) is 1. The summed E-state index contributed by atoms with van der Waals surface area (Å²) in [6.45, 7) is 3.44. The summed E-state index contributed by atoms with van der Waals surface area (Å²) in [6, 6.07) is 0.0755. The first-order chi connectivity index (χ1) is 13.2. The number of amides is 1. The van der Waals surface area contributed by atoms with E-state index in [-0.39, 0.29) is 24.1 Å². The maximum atomic E-state index is 13.0. The van der Waals surface area contributed by atoms with Gasteiger partial charge in [-0.05, 0) is 32.8 Å². The van der Waals surface area contributed by atoms with Gasteiger partial charge in [0.25, 0.3) is 5.91 Å². The van der Waals surface area contributed by atoms with E-state index in [2.05, 4.69) is 15.4 Å². The number of nitrogens with one attached hydrogen (secondary N) is 1. The van der Waals surface area contributed by atoms with Crippen molar-refractivity contribution in [3.63, 3.8) is 0 Å². The summed E-state index contributed by atoms with van der Waals surface area (Å²) in [5.41, 5.74) is -0.138. The Hall–Kier alpha value is -2.43. The molecule has 1 fully saturated rings. The lowest BCUT2D eigenvalue weighted by molar-refractivity contribution is -0.142. The van der Waals surface area contributed by atoms with Crippen molar-refractivity contribution in [1.82, 2.24) is 14.8 Å². The van der Waals surface area contributed by atoms with Crippen LogP contribution >= 0.6 is 11.3 Å². The predicted octanol–water partition coefficient (Wildman–Crippen LogP) is 3.54. The molecule has 2 aromatic rings. The number of anilines is 1. The topological polar surface area (TPSA) is 86.1 Å². The second-order valence-corrected chi connectivity index (χ2v) is 7.32. The maximum Gasteiger partial charge on any atom is 0.435 e. The van der Waals surface area contributed by atoms with E-state index in [1.165, 1.54) is 6.92 Å². The number of aromatic nitrogens is 3. The Bertz CT molecular complexity index is 873. The second kappa shape index (κ2) is 7.90. The molecule has 1 unspecified atom stereocenters. The molecular formula is C17H19F3N4O3S. The molecule has 1 amide bonds. The van der Waals surface area contributed by atoms with Crippen LogP contribution in [0.25, 0.3) is 0 Å². The highest BCUT2D eigenvalue weighted by molar-refractivity contribution is 7.13. The maximum absolute atomic E-state index is 13.0. The van der Waals surface area contributed by atoms with E-state index in [1.54, 1.807) is 12.3 Å². The average molecular weight is 416 g/mol. The molecule has 7 nitrogen and oxygen atoms in total. The average Bonchev–Trinajstić information content (AvgIpc) is 3.19. The number of hydrogen-bond acceptors (Lipinski definition) is 6. The van der Waals surface area contributed by atoms with E-state index in [4.69, 9.17) is 4.74 Å². The summed E-state index contributed by atoms with van der Waals surface area (Å²) in [6.07, 6.45) is -3.03. The van der Waals surface area contributed by atoms with Crippen molar-refractivity contribution in [2.24, 2.45) is 0 Å². The van der Waals surface area contributed by atoms with E-state index in [0.717, 1.165) is 34.9 Å². The number of esters is 1. The largest absolute Gasteiger partial charge is 0.466 e. The molecule has 0 bridgehead atoms. The van der Waals surface area contributed by atoms with Crippen molar-refractivity contribution in [3.05, 3.63) is 28.5 Å². The molecule has 0 aliphatic heterocycles. The van der Waals surface area contributed by atoms with Crippen LogP contribution in [0.15, 0.2) is 11.4 Å². The van der Waals surface area contributed by atoms with E-state index in [9.17, 15) is 22.8 Å². The van der Waals surface area contributed by atoms with Crippen molar-refractivity contribution >= 4 is 28.3 Å². The number of hydrogen-bond donors (Lipinski definition) is 1. The van der Waals surface area contributed by atoms with Gasteiger partial charge in [0.1, 0.15) is 6.04 Å². The van der Waals surface area contributed by atoms with Gasteiger partial charge in [-0.25, -0.2) is 4.98 Å². The minimum absolute atomic E-state index is 0.00473. The molecule has 2 aromatic heterocycles. The highest BCUT2D eigenvalue weighted by Gasteiger charge is 2.39. The van der Waals surface area contributed by atoms with Crippen LogP contribution in [0.4, 0.5) is 18.3 Å². The zero-order valence-corrected chi connectivity index (χ0v) is 16.1. The van der Waals surface area contributed by atoms with Crippen molar-refractivity contribution in [3.8, 4) is 0 Å². The lowest BCUT2D eigenvalue weighted by Gasteiger charge is -2.14. The molecule has 1 atom stereocenters. The molecule has 28 heavy (non-hydrogen) atoms. The zero-order valence-electron chi connectivity index (χ0n) is 15.2. The van der Waals surface area contributed by atoms with E-state index in [1.807, 2.05) is 0 Å². The van der Waals surface area contributed by atoms with Gasteiger partial charge in [0.2, 0.25) is 0 Å². The lowest BCUT2D eigenvalue weighted by Crippen LogP contribution is -2.26. The van der Waals surface area contributed by atoms with Gasteiger partial charge in [-0.2, -0.15) is 18.3 Å². The Labute approximate surface area is 162 Å². The Balaban J connectivity index is 1.71. The summed E-state index contributed by atoms with van der Waals surface area (Å²) in [5, 5.41) is 8.07. The fourth-order valence-corrected chi connectivity index (χ4v) is 3.38. The summed E-state index contributed by atoms with van der Waals surface area (Å²) < 4.78 is 45.0. The quantitative estimate of drug-likeness (QED) is 0.698. The van der Waals surface area contributed by atoms with Gasteiger partial charge in [0.15, 0.2) is 10.8 Å². The minimum atomic E-state index is -4.57. The number of rotatable bonds is 7. The molecule has 1 N–H and O–H groups in total. The number of halogens is 3. The lowest BCUT2D eigenvalue weighted by atomic mass is 10.2. The van der Waals surface area contributed by atoms with Crippen LogP contribution in [-0.4, -0.2) is 33.2 Å². The third kappa shape index (κ3) is 4.70. The molecule has 1 saturated carbocycles. The molecule has 11 heteroatoms. The fraction of sp³-hybridized carbons (Fsp3) is 0.529. The summed E-state index contributed by atoms with van der Waals surface area (Å²) in [4.78, 5) is 28.1. The molecule has 0 aromatic carbocycles. The van der Waals surface area contributed by atoms with Crippen molar-refractivity contribution < 1.29 is 27.5 Å². The molecule has 2 heterocycles. The van der Waals surface area contributed by atoms with Gasteiger partial charge in [0, 0.05) is 17.0 Å². The summed E-state index contributed by atoms with van der Waals surface area (Å²) in [5.74, 6) is -0.963. The standard InChI is InChI=1S/C17H19F3N4O3S/c1-3-27-14(25)6-11-8-28-16(21-11)22-15(26)9(2)24-12(10-4-5-10)7-13(23-24)17(18,19)20/h7-10H,3-6H2,1-2H3,(H,21,22,26). The van der Waals surface area contributed by atoms with Crippen LogP contribution in [0, 0.1) is 0 Å². The molecule has 0 spiro atoms. The van der Waals surface area contributed by atoms with Gasteiger partial charge in [0.05, 0.1) is 18.7 Å². The van der Waals surface area contributed by atoms with Gasteiger partial charge in [-0.15, -0.1) is 11.3 Å². The van der Waals surface area contributed by atoms with E-state index < -0.39 is 29.8 Å². The fourth-order valence-electron chi connectivity index (χ4n) is 2.67. The minimum Gasteiger partial charge on any atom is -0.466 e. The number of nitrogens with zero attached hydrogens (tertiary/aromatic N) is 3. The monoisotopic (exact) mass is 416 g/mol. The number of carbonyl (C=O) groups is 2. The first kappa shape index (κ1) is 20.3. The predicted molar refractivity (Wildman–Crippen MR) is 95.0 cm³/mol. The first-order valence-electron chi connectivity index (χ1n) is 8.76. The van der Waals surface area contributed by atoms with Gasteiger partial charge < -0.3 is 10.1 Å². The molecule has 3 rings (SSSR count). The molecule has 1 aliphatic carbocycles. The third-order valence-electron chi connectivity index (χ3n) is 4.21. The van der Waals surface area contributed by atoms with Crippen molar-refractivity contribution in [1.29, 1.82) is 0 Å². The molecule has 152 valence electrons. The summed E-state index contributed by atoms with van der Waals surface area (Å²) in [7, 11) is 0. The highest BCUT2D eigenvalue weighted by atomic mass is 32.1. The van der Waals surface area contributed by atoms with Crippen LogP contribution in [-0.2, 0) is 26.9 Å². The Morgan fingerprint density at radius 3 is 2.75 bits per heavy atom. The highest BCUT2D eigenvalue weighted by Crippen LogP contribution is 2.43. The first-order valence-corrected chi connectivity index (χ1v) is 9.64. The number of thiazole rings is 1. The van der Waals surface area contributed by atoms with Crippen LogP contribution in [0.1, 0.15) is 55.7 Å². The Morgan fingerprint density at radius 1 is 1.43 bits per heavy atom. The molecule has 1 aliphatic rings. The van der Waals surface area contributed by atoms with Crippen molar-refractivity contribution in [2.75, 3.05) is 11.9 Å². The number of carbonyl (C=O) groups excluding carboxylic acids is 2. The van der Waals surface area contributed by atoms with Crippen LogP contribution in [0.2, 0.25) is 0 Å². The SMILES string of the molecule is CCOC(=O)Cc1csc(NC(=O)C(C)n2nc(C(F)(F)F)cc2C2CC2)n1. The van der Waals surface area contributed by atoms with E-state index in [0.29, 0.717) is 11.4 Å². The zero-order chi connectivity index (χ0) is 20.5. The van der Waals surface area contributed by atoms with Crippen LogP contribution in [0.3, 0.4) is 0 Å². The van der Waals surface area contributed by atoms with Crippen LogP contribution in [0.5, 0.6) is 0 Å². The van der Waals surface area contributed by atoms with E-state index >= 15 is 0 Å². The molecule has 0 radical (unpaired) electrons.